The number of carbonyl (C=O) groups excluding carboxylic acids is 1. The maximum absolute atomic E-state index is 13.2. The quantitative estimate of drug-likeness (QED) is 0.776. The van der Waals surface area contributed by atoms with E-state index in [0.29, 0.717) is 11.4 Å². The first-order valence-corrected chi connectivity index (χ1v) is 9.08. The Bertz CT molecular complexity index is 910. The summed E-state index contributed by atoms with van der Waals surface area (Å²) in [6, 6.07) is 8.03. The maximum Gasteiger partial charge on any atom is 0.261 e. The second kappa shape index (κ2) is 6.57. The minimum absolute atomic E-state index is 0.0956. The van der Waals surface area contributed by atoms with E-state index in [1.807, 2.05) is 13.0 Å². The number of benzene rings is 1. The molecule has 1 fully saturated rings. The first kappa shape index (κ1) is 16.2. The van der Waals surface area contributed by atoms with Crippen LogP contribution in [-0.4, -0.2) is 34.9 Å². The van der Waals surface area contributed by atoms with Crippen LogP contribution in [0, 0.1) is 12.7 Å². The van der Waals surface area contributed by atoms with Gasteiger partial charge in [-0.1, -0.05) is 0 Å². The fourth-order valence-corrected chi connectivity index (χ4v) is 4.11. The summed E-state index contributed by atoms with van der Waals surface area (Å²) in [5.41, 5.74) is 1.61. The molecule has 0 bridgehead atoms. The van der Waals surface area contributed by atoms with Gasteiger partial charge in [0.2, 0.25) is 0 Å². The number of nitrogens with zero attached hydrogens (tertiary/aromatic N) is 2. The van der Waals surface area contributed by atoms with E-state index in [4.69, 9.17) is 4.74 Å². The Hall–Kier alpha value is -2.25. The minimum atomic E-state index is -0.288. The van der Waals surface area contributed by atoms with Gasteiger partial charge < -0.3 is 10.1 Å². The molecule has 0 saturated carbocycles. The molecule has 0 radical (unpaired) electrons. The lowest BCUT2D eigenvalue weighted by Gasteiger charge is -2.09. The van der Waals surface area contributed by atoms with Crippen LogP contribution in [-0.2, 0) is 4.74 Å². The third-order valence-electron chi connectivity index (χ3n) is 4.35. The second-order valence-corrected chi connectivity index (χ2v) is 7.18. The van der Waals surface area contributed by atoms with Crippen LogP contribution in [0.25, 0.3) is 15.9 Å². The number of hydrogen-bond donors (Lipinski definition) is 1. The van der Waals surface area contributed by atoms with Crippen LogP contribution in [0.1, 0.15) is 28.2 Å². The van der Waals surface area contributed by atoms with Gasteiger partial charge in [0.25, 0.3) is 5.91 Å². The SMILES string of the molecule is Cc1nn(-c2ccc(F)cc2)c2sc(C(=O)NC[C@@H]3CCCO3)cc12. The van der Waals surface area contributed by atoms with Crippen molar-refractivity contribution in [3.63, 3.8) is 0 Å². The topological polar surface area (TPSA) is 56.2 Å². The van der Waals surface area contributed by atoms with Crippen molar-refractivity contribution in [3.05, 3.63) is 46.7 Å². The molecule has 0 spiro atoms. The molecule has 3 aromatic rings. The number of ether oxygens (including phenoxy) is 1. The first-order chi connectivity index (χ1) is 12.1. The molecular weight excluding hydrogens is 341 g/mol. The van der Waals surface area contributed by atoms with E-state index in [2.05, 4.69) is 10.4 Å². The molecule has 3 heterocycles. The number of halogens is 1. The van der Waals surface area contributed by atoms with Crippen LogP contribution in [0.5, 0.6) is 0 Å². The number of fused-ring (bicyclic) bond motifs is 1. The van der Waals surface area contributed by atoms with Gasteiger partial charge in [0.05, 0.1) is 22.4 Å². The van der Waals surface area contributed by atoms with E-state index in [1.54, 1.807) is 16.8 Å². The van der Waals surface area contributed by atoms with Crippen LogP contribution >= 0.6 is 11.3 Å². The molecule has 2 aromatic heterocycles. The van der Waals surface area contributed by atoms with Crippen molar-refractivity contribution < 1.29 is 13.9 Å². The highest BCUT2D eigenvalue weighted by molar-refractivity contribution is 7.20. The summed E-state index contributed by atoms with van der Waals surface area (Å²) >= 11 is 1.39. The molecule has 130 valence electrons. The van der Waals surface area contributed by atoms with Crippen molar-refractivity contribution in [2.24, 2.45) is 0 Å². The average molecular weight is 359 g/mol. The molecule has 1 aromatic carbocycles. The van der Waals surface area contributed by atoms with E-state index in [0.717, 1.165) is 41.0 Å². The fourth-order valence-electron chi connectivity index (χ4n) is 3.02. The number of hydrogen-bond acceptors (Lipinski definition) is 4. The molecular formula is C18H18FN3O2S. The Morgan fingerprint density at radius 2 is 2.24 bits per heavy atom. The maximum atomic E-state index is 13.2. The summed E-state index contributed by atoms with van der Waals surface area (Å²) in [7, 11) is 0. The number of nitrogens with one attached hydrogen (secondary N) is 1. The molecule has 7 heteroatoms. The zero-order valence-corrected chi connectivity index (χ0v) is 14.6. The van der Waals surface area contributed by atoms with Crippen molar-refractivity contribution in [2.75, 3.05) is 13.2 Å². The third kappa shape index (κ3) is 3.17. The fraction of sp³-hybridized carbons (Fsp3) is 0.333. The summed E-state index contributed by atoms with van der Waals surface area (Å²) in [6.45, 7) is 3.22. The number of amides is 1. The Kier molecular flexibility index (Phi) is 4.27. The lowest BCUT2D eigenvalue weighted by Crippen LogP contribution is -2.31. The highest BCUT2D eigenvalue weighted by Gasteiger charge is 2.20. The van der Waals surface area contributed by atoms with Crippen molar-refractivity contribution >= 4 is 27.5 Å². The van der Waals surface area contributed by atoms with Gasteiger partial charge in [0, 0.05) is 18.5 Å². The number of aromatic nitrogens is 2. The lowest BCUT2D eigenvalue weighted by atomic mass is 10.2. The highest BCUT2D eigenvalue weighted by atomic mass is 32.1. The minimum Gasteiger partial charge on any atom is -0.376 e. The van der Waals surface area contributed by atoms with Crippen LogP contribution in [0.4, 0.5) is 4.39 Å². The summed E-state index contributed by atoms with van der Waals surface area (Å²) < 4.78 is 20.4. The molecule has 4 rings (SSSR count). The monoisotopic (exact) mass is 359 g/mol. The second-order valence-electron chi connectivity index (χ2n) is 6.15. The van der Waals surface area contributed by atoms with Gasteiger partial charge in [0.15, 0.2) is 0 Å². The Labute approximate surface area is 148 Å². The predicted octanol–water partition coefficient (Wildman–Crippen LogP) is 3.44. The van der Waals surface area contributed by atoms with E-state index in [1.165, 1.54) is 23.5 Å². The summed E-state index contributed by atoms with van der Waals surface area (Å²) in [5, 5.41) is 8.40. The first-order valence-electron chi connectivity index (χ1n) is 8.27. The van der Waals surface area contributed by atoms with E-state index < -0.39 is 0 Å². The number of carbonyl (C=O) groups is 1. The lowest BCUT2D eigenvalue weighted by molar-refractivity contribution is 0.0861. The Morgan fingerprint density at radius 1 is 1.44 bits per heavy atom. The number of rotatable bonds is 4. The van der Waals surface area contributed by atoms with Crippen molar-refractivity contribution in [3.8, 4) is 5.69 Å². The van der Waals surface area contributed by atoms with Crippen LogP contribution in [0.2, 0.25) is 0 Å². The molecule has 0 aliphatic carbocycles. The summed E-state index contributed by atoms with van der Waals surface area (Å²) in [4.78, 5) is 14.0. The summed E-state index contributed by atoms with van der Waals surface area (Å²) in [6.07, 6.45) is 2.16. The number of aryl methyl sites for hydroxylation is 1. The zero-order chi connectivity index (χ0) is 17.4. The normalized spacial score (nSPS) is 17.3. The van der Waals surface area contributed by atoms with Crippen LogP contribution < -0.4 is 5.32 Å². The van der Waals surface area contributed by atoms with E-state index in [9.17, 15) is 9.18 Å². The van der Waals surface area contributed by atoms with E-state index >= 15 is 0 Å². The van der Waals surface area contributed by atoms with E-state index in [-0.39, 0.29) is 17.8 Å². The smallest absolute Gasteiger partial charge is 0.261 e. The highest BCUT2D eigenvalue weighted by Crippen LogP contribution is 2.30. The summed E-state index contributed by atoms with van der Waals surface area (Å²) in [5.74, 6) is -0.383. The van der Waals surface area contributed by atoms with Crippen LogP contribution in [0.3, 0.4) is 0 Å². The molecule has 25 heavy (non-hydrogen) atoms. The molecule has 1 amide bonds. The van der Waals surface area contributed by atoms with Gasteiger partial charge in [-0.25, -0.2) is 9.07 Å². The third-order valence-corrected chi connectivity index (χ3v) is 5.46. The van der Waals surface area contributed by atoms with Gasteiger partial charge >= 0.3 is 0 Å². The van der Waals surface area contributed by atoms with Crippen LogP contribution in [0.15, 0.2) is 30.3 Å². The molecule has 5 nitrogen and oxygen atoms in total. The number of thiophene rings is 1. The average Bonchev–Trinajstić information content (AvgIpc) is 3.32. The van der Waals surface area contributed by atoms with Gasteiger partial charge in [0.1, 0.15) is 10.6 Å². The van der Waals surface area contributed by atoms with Gasteiger partial charge in [-0.15, -0.1) is 11.3 Å². The van der Waals surface area contributed by atoms with Crippen molar-refractivity contribution in [2.45, 2.75) is 25.9 Å². The van der Waals surface area contributed by atoms with Crippen molar-refractivity contribution in [1.29, 1.82) is 0 Å². The Balaban J connectivity index is 1.60. The van der Waals surface area contributed by atoms with Gasteiger partial charge in [-0.3, -0.25) is 4.79 Å². The molecule has 1 aliphatic rings. The standard InChI is InChI=1S/C18H18FN3O2S/c1-11-15-9-16(17(23)20-10-14-3-2-8-24-14)25-18(15)22(21-11)13-6-4-12(19)5-7-13/h4-7,9,14H,2-3,8,10H2,1H3,(H,20,23)/t14-/m0/s1. The van der Waals surface area contributed by atoms with Gasteiger partial charge in [-0.05, 0) is 50.1 Å². The zero-order valence-electron chi connectivity index (χ0n) is 13.8. The molecule has 1 saturated heterocycles. The largest absolute Gasteiger partial charge is 0.376 e. The van der Waals surface area contributed by atoms with Crippen molar-refractivity contribution in [1.82, 2.24) is 15.1 Å². The predicted molar refractivity (Wildman–Crippen MR) is 94.9 cm³/mol. The molecule has 1 N–H and O–H groups in total. The van der Waals surface area contributed by atoms with Gasteiger partial charge in [-0.2, -0.15) is 5.10 Å². The Morgan fingerprint density at radius 3 is 2.96 bits per heavy atom. The molecule has 1 atom stereocenters. The molecule has 1 aliphatic heterocycles. The molecule has 0 unspecified atom stereocenters.